The van der Waals surface area contributed by atoms with E-state index in [1.165, 1.54) is 5.56 Å². The minimum absolute atomic E-state index is 0.303. The molecule has 1 saturated heterocycles. The Labute approximate surface area is 128 Å². The fourth-order valence-electron chi connectivity index (χ4n) is 2.92. The summed E-state index contributed by atoms with van der Waals surface area (Å²) in [6.45, 7) is 6.07. The highest BCUT2D eigenvalue weighted by Gasteiger charge is 2.25. The lowest BCUT2D eigenvalue weighted by atomic mass is 9.98. The van der Waals surface area contributed by atoms with E-state index in [0.717, 1.165) is 31.8 Å². The van der Waals surface area contributed by atoms with Crippen LogP contribution in [-0.4, -0.2) is 68.2 Å². The van der Waals surface area contributed by atoms with Crippen LogP contribution in [0.2, 0.25) is 0 Å². The number of nitrogens with one attached hydrogen (secondary N) is 1. The molecule has 1 aromatic heterocycles. The Morgan fingerprint density at radius 3 is 2.90 bits per heavy atom. The summed E-state index contributed by atoms with van der Waals surface area (Å²) in [6.07, 6.45) is 4.80. The predicted molar refractivity (Wildman–Crippen MR) is 85.7 cm³/mol. The number of pyridine rings is 1. The number of hydrogen-bond acceptors (Lipinski definition) is 5. The molecule has 2 heterocycles. The van der Waals surface area contributed by atoms with Gasteiger partial charge in [-0.05, 0) is 46.1 Å². The van der Waals surface area contributed by atoms with Gasteiger partial charge in [0.2, 0.25) is 0 Å². The molecule has 2 unspecified atom stereocenters. The van der Waals surface area contributed by atoms with Crippen molar-refractivity contribution in [3.63, 3.8) is 0 Å². The van der Waals surface area contributed by atoms with Crippen molar-refractivity contribution in [3.8, 4) is 5.75 Å². The monoisotopic (exact) mass is 292 g/mol. The Balaban J connectivity index is 2.06. The van der Waals surface area contributed by atoms with E-state index in [1.54, 1.807) is 6.20 Å². The number of aromatic nitrogens is 1. The van der Waals surface area contributed by atoms with Crippen molar-refractivity contribution in [2.45, 2.75) is 25.4 Å². The summed E-state index contributed by atoms with van der Waals surface area (Å²) < 4.78 is 5.56. The molecule has 1 aliphatic heterocycles. The van der Waals surface area contributed by atoms with Crippen LogP contribution in [0.5, 0.6) is 5.75 Å². The molecule has 0 amide bonds. The summed E-state index contributed by atoms with van der Waals surface area (Å²) in [5.41, 5.74) is 1.20. The average molecular weight is 292 g/mol. The topological polar surface area (TPSA) is 40.6 Å². The van der Waals surface area contributed by atoms with Crippen molar-refractivity contribution < 1.29 is 4.74 Å². The van der Waals surface area contributed by atoms with Gasteiger partial charge in [0.25, 0.3) is 0 Å². The molecular formula is C16H28N4O. The molecule has 1 fully saturated rings. The minimum Gasteiger partial charge on any atom is -0.492 e. The maximum Gasteiger partial charge on any atom is 0.137 e. The molecule has 0 aliphatic carbocycles. The maximum absolute atomic E-state index is 5.56. The minimum atomic E-state index is 0.303. The first-order valence-corrected chi connectivity index (χ1v) is 7.77. The van der Waals surface area contributed by atoms with Crippen molar-refractivity contribution in [3.05, 3.63) is 24.0 Å². The van der Waals surface area contributed by atoms with Crippen LogP contribution in [0.1, 0.15) is 24.9 Å². The van der Waals surface area contributed by atoms with E-state index in [4.69, 9.17) is 4.74 Å². The normalized spacial score (nSPS) is 22.2. The molecule has 1 aliphatic rings. The second kappa shape index (κ2) is 7.73. The van der Waals surface area contributed by atoms with Gasteiger partial charge in [-0.3, -0.25) is 4.98 Å². The van der Waals surface area contributed by atoms with E-state index >= 15 is 0 Å². The zero-order valence-corrected chi connectivity index (χ0v) is 13.7. The molecule has 2 atom stereocenters. The molecule has 5 nitrogen and oxygen atoms in total. The largest absolute Gasteiger partial charge is 0.492 e. The number of ether oxygens (including phenoxy) is 1. The van der Waals surface area contributed by atoms with Gasteiger partial charge in [0, 0.05) is 37.9 Å². The number of hydrogen-bond donors (Lipinski definition) is 1. The van der Waals surface area contributed by atoms with Crippen LogP contribution < -0.4 is 10.1 Å². The number of nitrogens with zero attached hydrogens (tertiary/aromatic N) is 3. The van der Waals surface area contributed by atoms with Crippen LogP contribution in [0, 0.1) is 0 Å². The molecule has 5 heteroatoms. The van der Waals surface area contributed by atoms with E-state index < -0.39 is 0 Å². The zero-order valence-electron chi connectivity index (χ0n) is 13.7. The summed E-state index contributed by atoms with van der Waals surface area (Å²) in [7, 11) is 6.44. The summed E-state index contributed by atoms with van der Waals surface area (Å²) >= 11 is 0. The van der Waals surface area contributed by atoms with Gasteiger partial charge in [-0.1, -0.05) is 0 Å². The molecule has 0 spiro atoms. The number of rotatable bonds is 6. The number of piperazine rings is 1. The third-order valence-corrected chi connectivity index (χ3v) is 4.28. The lowest BCUT2D eigenvalue weighted by Crippen LogP contribution is -2.50. The van der Waals surface area contributed by atoms with Gasteiger partial charge in [0.05, 0.1) is 12.8 Å². The Bertz CT molecular complexity index is 440. The van der Waals surface area contributed by atoms with E-state index in [0.29, 0.717) is 18.7 Å². The molecule has 1 N–H and O–H groups in total. The van der Waals surface area contributed by atoms with Gasteiger partial charge >= 0.3 is 0 Å². The van der Waals surface area contributed by atoms with Crippen LogP contribution in [-0.2, 0) is 0 Å². The highest BCUT2D eigenvalue weighted by molar-refractivity contribution is 5.26. The summed E-state index contributed by atoms with van der Waals surface area (Å²) in [4.78, 5) is 9.18. The molecule has 2 rings (SSSR count). The van der Waals surface area contributed by atoms with Crippen molar-refractivity contribution in [1.82, 2.24) is 20.1 Å². The molecule has 0 bridgehead atoms. The zero-order chi connectivity index (χ0) is 15.2. The van der Waals surface area contributed by atoms with Crippen LogP contribution in [0.15, 0.2) is 18.5 Å². The molecule has 0 aromatic carbocycles. The Kier molecular flexibility index (Phi) is 5.96. The lowest BCUT2D eigenvalue weighted by molar-refractivity contribution is 0.102. The molecule has 1 aromatic rings. The average Bonchev–Trinajstić information content (AvgIpc) is 2.49. The van der Waals surface area contributed by atoms with Gasteiger partial charge in [-0.15, -0.1) is 0 Å². The van der Waals surface area contributed by atoms with Crippen LogP contribution in [0.3, 0.4) is 0 Å². The highest BCUT2D eigenvalue weighted by atomic mass is 16.5. The molecule has 0 radical (unpaired) electrons. The Hall–Kier alpha value is -1.17. The van der Waals surface area contributed by atoms with Crippen molar-refractivity contribution >= 4 is 0 Å². The summed E-state index contributed by atoms with van der Waals surface area (Å²) in [6, 6.07) is 2.97. The Morgan fingerprint density at radius 2 is 2.19 bits per heavy atom. The standard InChI is InChI=1S/C16H28N4O/c1-5-21-15-8-13(10-18-11-15)16(17-2)9-14-12-19(3)6-7-20(14)4/h8,10-11,14,16-17H,5-7,9,12H2,1-4H3. The third kappa shape index (κ3) is 4.40. The van der Waals surface area contributed by atoms with E-state index in [1.807, 2.05) is 20.2 Å². The number of likely N-dealkylation sites (N-methyl/N-ethyl adjacent to an activating group) is 2. The molecular weight excluding hydrogens is 264 g/mol. The SMILES string of the molecule is CCOc1cncc(C(CC2CN(C)CCN2C)NC)c1. The third-order valence-electron chi connectivity index (χ3n) is 4.28. The summed E-state index contributed by atoms with van der Waals surface area (Å²) in [5.74, 6) is 0.851. The van der Waals surface area contributed by atoms with Gasteiger partial charge < -0.3 is 19.9 Å². The van der Waals surface area contributed by atoms with Crippen LogP contribution >= 0.6 is 0 Å². The first kappa shape index (κ1) is 16.2. The van der Waals surface area contributed by atoms with Crippen molar-refractivity contribution in [2.75, 3.05) is 47.4 Å². The lowest BCUT2D eigenvalue weighted by Gasteiger charge is -2.39. The van der Waals surface area contributed by atoms with Gasteiger partial charge in [-0.2, -0.15) is 0 Å². The van der Waals surface area contributed by atoms with E-state index in [2.05, 4.69) is 40.3 Å². The first-order chi connectivity index (χ1) is 10.1. The quantitative estimate of drug-likeness (QED) is 0.858. The van der Waals surface area contributed by atoms with Crippen LogP contribution in [0.25, 0.3) is 0 Å². The second-order valence-electron chi connectivity index (χ2n) is 5.86. The highest BCUT2D eigenvalue weighted by Crippen LogP contribution is 2.24. The smallest absolute Gasteiger partial charge is 0.137 e. The fourth-order valence-corrected chi connectivity index (χ4v) is 2.92. The second-order valence-corrected chi connectivity index (χ2v) is 5.86. The van der Waals surface area contributed by atoms with Gasteiger partial charge in [-0.25, -0.2) is 0 Å². The first-order valence-electron chi connectivity index (χ1n) is 7.77. The fraction of sp³-hybridized carbons (Fsp3) is 0.688. The van der Waals surface area contributed by atoms with Crippen molar-refractivity contribution in [1.29, 1.82) is 0 Å². The van der Waals surface area contributed by atoms with Crippen LogP contribution in [0.4, 0.5) is 0 Å². The van der Waals surface area contributed by atoms with E-state index in [-0.39, 0.29) is 0 Å². The maximum atomic E-state index is 5.56. The summed E-state index contributed by atoms with van der Waals surface area (Å²) in [5, 5.41) is 3.43. The van der Waals surface area contributed by atoms with E-state index in [9.17, 15) is 0 Å². The van der Waals surface area contributed by atoms with Gasteiger partial charge in [0.1, 0.15) is 5.75 Å². The molecule has 21 heavy (non-hydrogen) atoms. The van der Waals surface area contributed by atoms with Crippen molar-refractivity contribution in [2.24, 2.45) is 0 Å². The molecule has 118 valence electrons. The predicted octanol–water partition coefficient (Wildman–Crippen LogP) is 1.38. The Morgan fingerprint density at radius 1 is 1.38 bits per heavy atom. The molecule has 0 saturated carbocycles. The van der Waals surface area contributed by atoms with Gasteiger partial charge in [0.15, 0.2) is 0 Å².